The third kappa shape index (κ3) is 2.75. The van der Waals surface area contributed by atoms with E-state index in [0.717, 1.165) is 40.5 Å². The van der Waals surface area contributed by atoms with Crippen LogP contribution in [0.3, 0.4) is 0 Å². The molecule has 0 fully saturated rings. The Hall–Kier alpha value is -2.07. The molecule has 1 heterocycles. The topological polar surface area (TPSA) is 44.9 Å². The molecule has 1 aromatic heterocycles. The van der Waals surface area contributed by atoms with Crippen LogP contribution in [0.5, 0.6) is 0 Å². The number of rotatable bonds is 2. The zero-order chi connectivity index (χ0) is 16.7. The molecule has 0 radical (unpaired) electrons. The Labute approximate surface area is 149 Å². The van der Waals surface area contributed by atoms with Gasteiger partial charge in [0, 0.05) is 26.6 Å². The second-order valence-electron chi connectivity index (χ2n) is 6.49. The maximum absolute atomic E-state index is 12.6. The van der Waals surface area contributed by atoms with E-state index >= 15 is 0 Å². The third-order valence-electron chi connectivity index (χ3n) is 4.79. The van der Waals surface area contributed by atoms with Crippen LogP contribution in [0.2, 0.25) is 0 Å². The predicted molar refractivity (Wildman–Crippen MR) is 100 cm³/mol. The van der Waals surface area contributed by atoms with Crippen LogP contribution < -0.4 is 5.32 Å². The highest BCUT2D eigenvalue weighted by atomic mass is 79.9. The van der Waals surface area contributed by atoms with E-state index in [4.69, 9.17) is 0 Å². The van der Waals surface area contributed by atoms with Crippen molar-refractivity contribution in [2.24, 2.45) is 0 Å². The number of nitrogens with one attached hydrogen (secondary N) is 2. The largest absolute Gasteiger partial charge is 0.356 e. The number of hydrogen-bond acceptors (Lipinski definition) is 1. The van der Waals surface area contributed by atoms with Crippen LogP contribution in [0.4, 0.5) is 0 Å². The van der Waals surface area contributed by atoms with Crippen molar-refractivity contribution < 1.29 is 4.79 Å². The number of fused-ring (bicyclic) bond motifs is 3. The summed E-state index contributed by atoms with van der Waals surface area (Å²) in [5.41, 5.74) is 5.51. The monoisotopic (exact) mass is 382 g/mol. The fourth-order valence-electron chi connectivity index (χ4n) is 3.53. The van der Waals surface area contributed by atoms with E-state index in [1.165, 1.54) is 10.9 Å². The average molecular weight is 383 g/mol. The van der Waals surface area contributed by atoms with Crippen LogP contribution in [0.1, 0.15) is 46.1 Å². The van der Waals surface area contributed by atoms with Crippen LogP contribution >= 0.6 is 15.9 Å². The van der Waals surface area contributed by atoms with Gasteiger partial charge in [0.1, 0.15) is 0 Å². The standard InChI is InChI=1S/C20H19BrN2O/c1-12-5-7-13(8-6-12)20(24)23-18-4-2-3-15-16-11-14(21)9-10-17(16)22-19(15)18/h5-11,18,22H,2-4H2,1H3,(H,23,24). The summed E-state index contributed by atoms with van der Waals surface area (Å²) in [5, 5.41) is 4.46. The van der Waals surface area contributed by atoms with Crippen molar-refractivity contribution in [2.45, 2.75) is 32.2 Å². The van der Waals surface area contributed by atoms with Crippen molar-refractivity contribution in [3.8, 4) is 0 Å². The average Bonchev–Trinajstić information content (AvgIpc) is 2.94. The molecular weight excluding hydrogens is 364 g/mol. The summed E-state index contributed by atoms with van der Waals surface area (Å²) in [5.74, 6) is -0.00677. The van der Waals surface area contributed by atoms with Gasteiger partial charge in [-0.2, -0.15) is 0 Å². The van der Waals surface area contributed by atoms with E-state index in [2.05, 4.69) is 38.4 Å². The minimum Gasteiger partial charge on any atom is -0.356 e. The molecule has 1 unspecified atom stereocenters. The van der Waals surface area contributed by atoms with Crippen molar-refractivity contribution >= 4 is 32.7 Å². The van der Waals surface area contributed by atoms with Gasteiger partial charge in [-0.15, -0.1) is 0 Å². The lowest BCUT2D eigenvalue weighted by molar-refractivity contribution is 0.0932. The summed E-state index contributed by atoms with van der Waals surface area (Å²) in [7, 11) is 0. The van der Waals surface area contributed by atoms with E-state index in [1.807, 2.05) is 37.3 Å². The number of aromatic nitrogens is 1. The number of aryl methyl sites for hydroxylation is 2. The van der Waals surface area contributed by atoms with Gasteiger partial charge in [-0.25, -0.2) is 0 Å². The normalized spacial score (nSPS) is 16.8. The lowest BCUT2D eigenvalue weighted by Crippen LogP contribution is -2.31. The number of carbonyl (C=O) groups excluding carboxylic acids is 1. The predicted octanol–water partition coefficient (Wildman–Crippen LogP) is 5.05. The molecule has 1 aliphatic carbocycles. The molecule has 0 aliphatic heterocycles. The van der Waals surface area contributed by atoms with Crippen LogP contribution in [-0.2, 0) is 6.42 Å². The molecule has 4 rings (SSSR count). The first-order chi connectivity index (χ1) is 11.6. The van der Waals surface area contributed by atoms with Crippen LogP contribution in [0.15, 0.2) is 46.9 Å². The summed E-state index contributed by atoms with van der Waals surface area (Å²) in [4.78, 5) is 16.1. The second-order valence-corrected chi connectivity index (χ2v) is 7.41. The summed E-state index contributed by atoms with van der Waals surface area (Å²) >= 11 is 3.55. The van der Waals surface area contributed by atoms with Crippen molar-refractivity contribution in [1.82, 2.24) is 10.3 Å². The Bertz CT molecular complexity index is 911. The number of benzene rings is 2. The highest BCUT2D eigenvalue weighted by Crippen LogP contribution is 2.35. The molecule has 2 N–H and O–H groups in total. The molecule has 1 aliphatic rings. The summed E-state index contributed by atoms with van der Waals surface area (Å²) in [6, 6.07) is 14.1. The molecule has 0 bridgehead atoms. The smallest absolute Gasteiger partial charge is 0.251 e. The highest BCUT2D eigenvalue weighted by Gasteiger charge is 2.25. The Morgan fingerprint density at radius 1 is 1.21 bits per heavy atom. The number of halogens is 1. The molecule has 1 amide bonds. The van der Waals surface area contributed by atoms with Gasteiger partial charge in [-0.05, 0) is 62.1 Å². The SMILES string of the molecule is Cc1ccc(C(=O)NC2CCCc3c2[nH]c2ccc(Br)cc32)cc1. The van der Waals surface area contributed by atoms with Gasteiger partial charge in [0.05, 0.1) is 6.04 Å². The molecule has 24 heavy (non-hydrogen) atoms. The minimum atomic E-state index is -0.00677. The molecular formula is C20H19BrN2O. The van der Waals surface area contributed by atoms with Crippen molar-refractivity contribution in [2.75, 3.05) is 0 Å². The summed E-state index contributed by atoms with van der Waals surface area (Å²) in [6.45, 7) is 2.03. The van der Waals surface area contributed by atoms with Crippen molar-refractivity contribution in [3.05, 3.63) is 69.3 Å². The molecule has 3 aromatic rings. The second kappa shape index (κ2) is 6.10. The third-order valence-corrected chi connectivity index (χ3v) is 5.28. The Kier molecular flexibility index (Phi) is 3.93. The van der Waals surface area contributed by atoms with Crippen LogP contribution in [-0.4, -0.2) is 10.9 Å². The molecule has 0 spiro atoms. The number of aromatic amines is 1. The Morgan fingerprint density at radius 2 is 2.00 bits per heavy atom. The van der Waals surface area contributed by atoms with Gasteiger partial charge in [0.15, 0.2) is 0 Å². The molecule has 1 atom stereocenters. The number of hydrogen-bond donors (Lipinski definition) is 2. The van der Waals surface area contributed by atoms with Gasteiger partial charge >= 0.3 is 0 Å². The maximum Gasteiger partial charge on any atom is 0.251 e. The minimum absolute atomic E-state index is 0.00677. The van der Waals surface area contributed by atoms with Gasteiger partial charge in [-0.3, -0.25) is 4.79 Å². The first-order valence-electron chi connectivity index (χ1n) is 8.29. The quantitative estimate of drug-likeness (QED) is 0.639. The molecule has 122 valence electrons. The Morgan fingerprint density at radius 3 is 2.79 bits per heavy atom. The molecule has 2 aromatic carbocycles. The summed E-state index contributed by atoms with van der Waals surface area (Å²) < 4.78 is 1.09. The summed E-state index contributed by atoms with van der Waals surface area (Å²) in [6.07, 6.45) is 3.12. The van der Waals surface area contributed by atoms with Crippen molar-refractivity contribution in [3.63, 3.8) is 0 Å². The van der Waals surface area contributed by atoms with Crippen LogP contribution in [0.25, 0.3) is 10.9 Å². The van der Waals surface area contributed by atoms with Crippen molar-refractivity contribution in [1.29, 1.82) is 0 Å². The lowest BCUT2D eigenvalue weighted by Gasteiger charge is -2.24. The van der Waals surface area contributed by atoms with Gasteiger partial charge in [0.25, 0.3) is 5.91 Å². The van der Waals surface area contributed by atoms with Gasteiger partial charge in [-0.1, -0.05) is 33.6 Å². The molecule has 0 saturated carbocycles. The fourth-order valence-corrected chi connectivity index (χ4v) is 3.89. The van der Waals surface area contributed by atoms with Gasteiger partial charge in [0.2, 0.25) is 0 Å². The maximum atomic E-state index is 12.6. The first-order valence-corrected chi connectivity index (χ1v) is 9.08. The first kappa shape index (κ1) is 15.5. The molecule has 0 saturated heterocycles. The Balaban J connectivity index is 1.65. The highest BCUT2D eigenvalue weighted by molar-refractivity contribution is 9.10. The van der Waals surface area contributed by atoms with Gasteiger partial charge < -0.3 is 10.3 Å². The number of carbonyl (C=O) groups is 1. The number of amides is 1. The number of H-pyrrole nitrogens is 1. The zero-order valence-electron chi connectivity index (χ0n) is 13.5. The zero-order valence-corrected chi connectivity index (χ0v) is 15.1. The van der Waals surface area contributed by atoms with E-state index in [9.17, 15) is 4.79 Å². The molecule has 4 heteroatoms. The van der Waals surface area contributed by atoms with E-state index < -0.39 is 0 Å². The molecule has 3 nitrogen and oxygen atoms in total. The lowest BCUT2D eigenvalue weighted by atomic mass is 9.91. The van der Waals surface area contributed by atoms with E-state index in [0.29, 0.717) is 5.56 Å². The fraction of sp³-hybridized carbons (Fsp3) is 0.250. The van der Waals surface area contributed by atoms with Crippen LogP contribution in [0, 0.1) is 6.92 Å². The van der Waals surface area contributed by atoms with E-state index in [1.54, 1.807) is 0 Å². The van der Waals surface area contributed by atoms with E-state index in [-0.39, 0.29) is 11.9 Å².